The number of aryl methyl sites for hydroxylation is 1. The van der Waals surface area contributed by atoms with Gasteiger partial charge in [0.15, 0.2) is 0 Å². The van der Waals surface area contributed by atoms with Gasteiger partial charge < -0.3 is 5.11 Å². The van der Waals surface area contributed by atoms with E-state index < -0.39 is 5.97 Å². The molecule has 0 radical (unpaired) electrons. The molecule has 0 saturated carbocycles. The fourth-order valence-corrected chi connectivity index (χ4v) is 1.96. The summed E-state index contributed by atoms with van der Waals surface area (Å²) < 4.78 is 1.77. The highest BCUT2D eigenvalue weighted by Gasteiger charge is 2.19. The van der Waals surface area contributed by atoms with Crippen LogP contribution in [0.15, 0.2) is 6.33 Å². The summed E-state index contributed by atoms with van der Waals surface area (Å²) in [5.74, 6) is 0.184. The smallest absolute Gasteiger partial charge is 0.317 e. The quantitative estimate of drug-likeness (QED) is 0.727. The molecule has 1 aliphatic heterocycles. The van der Waals surface area contributed by atoms with Crippen LogP contribution in [-0.2, 0) is 18.4 Å². The van der Waals surface area contributed by atoms with Gasteiger partial charge in [-0.15, -0.1) is 0 Å². The van der Waals surface area contributed by atoms with E-state index in [-0.39, 0.29) is 6.54 Å². The molecule has 1 aliphatic rings. The molecule has 0 aromatic carbocycles. The van der Waals surface area contributed by atoms with Crippen LogP contribution in [0.2, 0.25) is 0 Å². The summed E-state index contributed by atoms with van der Waals surface area (Å²) in [6.45, 7) is 4.25. The van der Waals surface area contributed by atoms with E-state index in [0.29, 0.717) is 0 Å². The topological polar surface area (TPSA) is 74.5 Å². The normalized spacial score (nSPS) is 18.4. The molecule has 7 heteroatoms. The van der Waals surface area contributed by atoms with Crippen LogP contribution in [0.3, 0.4) is 0 Å². The van der Waals surface area contributed by atoms with Gasteiger partial charge in [0, 0.05) is 33.2 Å². The second-order valence-electron chi connectivity index (χ2n) is 4.25. The molecule has 0 bridgehead atoms. The van der Waals surface area contributed by atoms with E-state index in [1.54, 1.807) is 11.0 Å². The van der Waals surface area contributed by atoms with Crippen LogP contribution < -0.4 is 0 Å². The van der Waals surface area contributed by atoms with Gasteiger partial charge in [-0.05, 0) is 0 Å². The summed E-state index contributed by atoms with van der Waals surface area (Å²) in [7, 11) is 1.88. The number of carbonyl (C=O) groups is 1. The molecule has 1 saturated heterocycles. The van der Waals surface area contributed by atoms with Crippen molar-refractivity contribution in [3.8, 4) is 0 Å². The second kappa shape index (κ2) is 5.24. The first-order chi connectivity index (χ1) is 8.15. The Balaban J connectivity index is 1.79. The van der Waals surface area contributed by atoms with E-state index in [2.05, 4.69) is 15.0 Å². The van der Waals surface area contributed by atoms with Crippen molar-refractivity contribution >= 4 is 5.97 Å². The molecule has 0 spiro atoms. The Hall–Kier alpha value is -1.47. The molecule has 1 aromatic heterocycles. The number of carboxylic acids is 1. The van der Waals surface area contributed by atoms with E-state index in [4.69, 9.17) is 5.11 Å². The Bertz CT molecular complexity index is 384. The summed E-state index contributed by atoms with van der Waals surface area (Å²) in [6, 6.07) is 0. The van der Waals surface area contributed by atoms with Gasteiger partial charge in [0.25, 0.3) is 0 Å². The van der Waals surface area contributed by atoms with Gasteiger partial charge in [-0.3, -0.25) is 19.3 Å². The predicted octanol–water partition coefficient (Wildman–Crippen LogP) is -0.983. The van der Waals surface area contributed by atoms with Gasteiger partial charge >= 0.3 is 5.97 Å². The van der Waals surface area contributed by atoms with Crippen molar-refractivity contribution in [2.45, 2.75) is 6.54 Å². The lowest BCUT2D eigenvalue weighted by Gasteiger charge is -2.33. The van der Waals surface area contributed by atoms with Crippen LogP contribution in [-0.4, -0.2) is 68.4 Å². The summed E-state index contributed by atoms with van der Waals surface area (Å²) in [5, 5.41) is 12.7. The highest BCUT2D eigenvalue weighted by molar-refractivity contribution is 5.69. The van der Waals surface area contributed by atoms with Crippen LogP contribution in [0, 0.1) is 0 Å². The van der Waals surface area contributed by atoms with Gasteiger partial charge in [0.1, 0.15) is 12.2 Å². The lowest BCUT2D eigenvalue weighted by atomic mass is 10.3. The average molecular weight is 239 g/mol. The molecule has 7 nitrogen and oxygen atoms in total. The molecular formula is C10H17N5O2. The lowest BCUT2D eigenvalue weighted by molar-refractivity contribution is -0.138. The summed E-state index contributed by atoms with van der Waals surface area (Å²) in [6.07, 6.45) is 1.55. The second-order valence-corrected chi connectivity index (χ2v) is 4.25. The number of rotatable bonds is 4. The van der Waals surface area contributed by atoms with Crippen molar-refractivity contribution in [1.29, 1.82) is 0 Å². The van der Waals surface area contributed by atoms with E-state index >= 15 is 0 Å². The van der Waals surface area contributed by atoms with Crippen LogP contribution in [0.1, 0.15) is 5.82 Å². The van der Waals surface area contributed by atoms with E-state index in [1.165, 1.54) is 0 Å². The number of nitrogens with zero attached hydrogens (tertiary/aromatic N) is 5. The molecule has 1 N–H and O–H groups in total. The Kier molecular flexibility index (Phi) is 3.70. The maximum absolute atomic E-state index is 10.6. The molecular weight excluding hydrogens is 222 g/mol. The predicted molar refractivity (Wildman–Crippen MR) is 60.4 cm³/mol. The number of aliphatic carboxylic acids is 1. The van der Waals surface area contributed by atoms with Crippen LogP contribution >= 0.6 is 0 Å². The number of piperazine rings is 1. The molecule has 0 unspecified atom stereocenters. The van der Waals surface area contributed by atoms with Crippen molar-refractivity contribution in [3.63, 3.8) is 0 Å². The van der Waals surface area contributed by atoms with Crippen LogP contribution in [0.4, 0.5) is 0 Å². The summed E-state index contributed by atoms with van der Waals surface area (Å²) in [5.41, 5.74) is 0. The number of carboxylic acid groups (broad SMARTS) is 1. The minimum absolute atomic E-state index is 0.137. The monoisotopic (exact) mass is 239 g/mol. The van der Waals surface area contributed by atoms with Crippen LogP contribution in [0.25, 0.3) is 0 Å². The molecule has 2 rings (SSSR count). The summed E-state index contributed by atoms with van der Waals surface area (Å²) >= 11 is 0. The van der Waals surface area contributed by atoms with E-state index in [0.717, 1.165) is 38.5 Å². The highest BCUT2D eigenvalue weighted by Crippen LogP contribution is 2.05. The van der Waals surface area contributed by atoms with Crippen molar-refractivity contribution < 1.29 is 9.90 Å². The molecule has 17 heavy (non-hydrogen) atoms. The summed E-state index contributed by atoms with van der Waals surface area (Å²) in [4.78, 5) is 19.0. The molecule has 1 aromatic rings. The first kappa shape index (κ1) is 12.0. The Morgan fingerprint density at radius 1 is 1.35 bits per heavy atom. The third-order valence-corrected chi connectivity index (χ3v) is 2.99. The number of hydrogen-bond acceptors (Lipinski definition) is 5. The van der Waals surface area contributed by atoms with Crippen molar-refractivity contribution in [1.82, 2.24) is 24.6 Å². The van der Waals surface area contributed by atoms with Crippen molar-refractivity contribution in [2.24, 2.45) is 7.05 Å². The Labute approximate surface area is 99.6 Å². The van der Waals surface area contributed by atoms with Gasteiger partial charge in [-0.1, -0.05) is 0 Å². The Morgan fingerprint density at radius 2 is 2.00 bits per heavy atom. The zero-order valence-corrected chi connectivity index (χ0v) is 9.91. The van der Waals surface area contributed by atoms with Crippen molar-refractivity contribution in [2.75, 3.05) is 32.7 Å². The molecule has 1 fully saturated rings. The molecule has 0 atom stereocenters. The molecule has 94 valence electrons. The first-order valence-corrected chi connectivity index (χ1v) is 5.64. The molecule has 2 heterocycles. The maximum Gasteiger partial charge on any atom is 0.317 e. The third kappa shape index (κ3) is 3.24. The molecule has 0 amide bonds. The largest absolute Gasteiger partial charge is 0.480 e. The first-order valence-electron chi connectivity index (χ1n) is 5.64. The SMILES string of the molecule is Cn1ncnc1CN1CCN(CC(=O)O)CC1. The minimum Gasteiger partial charge on any atom is -0.480 e. The number of aromatic nitrogens is 3. The van der Waals surface area contributed by atoms with Crippen molar-refractivity contribution in [3.05, 3.63) is 12.2 Å². The molecule has 0 aliphatic carbocycles. The standard InChI is InChI=1S/C10H17N5O2/c1-13-9(11-8-12-13)6-14-2-4-15(5-3-14)7-10(16)17/h8H,2-7H2,1H3,(H,16,17). The van der Waals surface area contributed by atoms with E-state index in [9.17, 15) is 4.79 Å². The maximum atomic E-state index is 10.6. The minimum atomic E-state index is -0.758. The van der Waals surface area contributed by atoms with Gasteiger partial charge in [-0.25, -0.2) is 4.98 Å². The third-order valence-electron chi connectivity index (χ3n) is 2.99. The van der Waals surface area contributed by atoms with E-state index in [1.807, 2.05) is 11.9 Å². The fourth-order valence-electron chi connectivity index (χ4n) is 1.96. The number of hydrogen-bond donors (Lipinski definition) is 1. The van der Waals surface area contributed by atoms with Crippen LogP contribution in [0.5, 0.6) is 0 Å². The van der Waals surface area contributed by atoms with Gasteiger partial charge in [0.2, 0.25) is 0 Å². The van der Waals surface area contributed by atoms with Gasteiger partial charge in [-0.2, -0.15) is 5.10 Å². The lowest BCUT2D eigenvalue weighted by Crippen LogP contribution is -2.47. The Morgan fingerprint density at radius 3 is 2.53 bits per heavy atom. The van der Waals surface area contributed by atoms with Gasteiger partial charge in [0.05, 0.1) is 13.1 Å². The zero-order valence-electron chi connectivity index (χ0n) is 9.91. The average Bonchev–Trinajstić information content (AvgIpc) is 2.67. The zero-order chi connectivity index (χ0) is 12.3. The fraction of sp³-hybridized carbons (Fsp3) is 0.700. The highest BCUT2D eigenvalue weighted by atomic mass is 16.4.